The van der Waals surface area contributed by atoms with Crippen LogP contribution in [0.5, 0.6) is 5.75 Å². The molecule has 0 atom stereocenters. The van der Waals surface area contributed by atoms with Crippen LogP contribution in [0.1, 0.15) is 32.3 Å². The van der Waals surface area contributed by atoms with Crippen LogP contribution < -0.4 is 15.8 Å². The number of rotatable bonds is 6. The summed E-state index contributed by atoms with van der Waals surface area (Å²) >= 11 is 0. The molecule has 1 amide bonds. The van der Waals surface area contributed by atoms with E-state index in [1.54, 1.807) is 7.11 Å². The van der Waals surface area contributed by atoms with Crippen LogP contribution in [0.25, 0.3) is 0 Å². The summed E-state index contributed by atoms with van der Waals surface area (Å²) in [6.45, 7) is 4.72. The Kier molecular flexibility index (Phi) is 5.49. The van der Waals surface area contributed by atoms with E-state index in [4.69, 9.17) is 10.5 Å². The summed E-state index contributed by atoms with van der Waals surface area (Å²) in [6.07, 6.45) is 1.49. The van der Waals surface area contributed by atoms with E-state index < -0.39 is 0 Å². The maximum atomic E-state index is 11.6. The van der Waals surface area contributed by atoms with Crippen molar-refractivity contribution in [1.82, 2.24) is 5.32 Å². The van der Waals surface area contributed by atoms with Crippen LogP contribution in [0.4, 0.5) is 5.69 Å². The molecule has 4 heteroatoms. The van der Waals surface area contributed by atoms with E-state index in [1.807, 2.05) is 18.2 Å². The van der Waals surface area contributed by atoms with Crippen molar-refractivity contribution in [2.45, 2.75) is 33.2 Å². The van der Waals surface area contributed by atoms with Crippen LogP contribution in [0.15, 0.2) is 18.2 Å². The van der Waals surface area contributed by atoms with Gasteiger partial charge in [-0.1, -0.05) is 19.9 Å². The van der Waals surface area contributed by atoms with E-state index in [0.29, 0.717) is 30.3 Å². The van der Waals surface area contributed by atoms with Crippen LogP contribution in [-0.4, -0.2) is 13.0 Å². The Hall–Kier alpha value is -1.71. The van der Waals surface area contributed by atoms with Crippen molar-refractivity contribution in [3.05, 3.63) is 23.8 Å². The lowest BCUT2D eigenvalue weighted by Gasteiger charge is -2.09. The summed E-state index contributed by atoms with van der Waals surface area (Å²) in [7, 11) is 1.58. The zero-order valence-electron chi connectivity index (χ0n) is 11.3. The third kappa shape index (κ3) is 4.65. The van der Waals surface area contributed by atoms with E-state index in [-0.39, 0.29) is 5.91 Å². The fourth-order valence-corrected chi connectivity index (χ4v) is 1.60. The first-order chi connectivity index (χ1) is 8.52. The highest BCUT2D eigenvalue weighted by molar-refractivity contribution is 5.75. The molecule has 0 spiro atoms. The number of methoxy groups -OCH3 is 1. The lowest BCUT2D eigenvalue weighted by molar-refractivity contribution is -0.121. The smallest absolute Gasteiger partial charge is 0.220 e. The largest absolute Gasteiger partial charge is 0.495 e. The summed E-state index contributed by atoms with van der Waals surface area (Å²) in [6, 6.07) is 5.53. The monoisotopic (exact) mass is 250 g/mol. The topological polar surface area (TPSA) is 64.3 Å². The highest BCUT2D eigenvalue weighted by atomic mass is 16.5. The van der Waals surface area contributed by atoms with Crippen LogP contribution in [0, 0.1) is 5.92 Å². The van der Waals surface area contributed by atoms with Gasteiger partial charge in [-0.25, -0.2) is 0 Å². The molecule has 100 valence electrons. The van der Waals surface area contributed by atoms with Crippen LogP contribution in [0.3, 0.4) is 0 Å². The molecule has 0 heterocycles. The van der Waals surface area contributed by atoms with Crippen LogP contribution >= 0.6 is 0 Å². The molecule has 1 aromatic rings. The van der Waals surface area contributed by atoms with Crippen molar-refractivity contribution >= 4 is 11.6 Å². The van der Waals surface area contributed by atoms with Gasteiger partial charge in [0, 0.05) is 13.0 Å². The molecule has 4 nitrogen and oxygen atoms in total. The fourth-order valence-electron chi connectivity index (χ4n) is 1.60. The number of carbonyl (C=O) groups is 1. The van der Waals surface area contributed by atoms with Crippen LogP contribution in [-0.2, 0) is 11.3 Å². The maximum Gasteiger partial charge on any atom is 0.220 e. The van der Waals surface area contributed by atoms with E-state index in [9.17, 15) is 4.79 Å². The Morgan fingerprint density at radius 2 is 2.17 bits per heavy atom. The molecule has 0 radical (unpaired) electrons. The number of carbonyl (C=O) groups excluding carboxylic acids is 1. The van der Waals surface area contributed by atoms with Gasteiger partial charge < -0.3 is 15.8 Å². The Morgan fingerprint density at radius 3 is 2.72 bits per heavy atom. The van der Waals surface area contributed by atoms with E-state index in [1.165, 1.54) is 0 Å². The predicted octanol–water partition coefficient (Wildman–Crippen LogP) is 2.33. The summed E-state index contributed by atoms with van der Waals surface area (Å²) in [5, 5.41) is 2.88. The number of benzene rings is 1. The molecular weight excluding hydrogens is 228 g/mol. The normalized spacial score (nSPS) is 10.4. The summed E-state index contributed by atoms with van der Waals surface area (Å²) in [4.78, 5) is 11.6. The highest BCUT2D eigenvalue weighted by Crippen LogP contribution is 2.21. The molecule has 1 rings (SSSR count). The molecule has 0 saturated carbocycles. The Morgan fingerprint density at radius 1 is 1.44 bits per heavy atom. The maximum absolute atomic E-state index is 11.6. The minimum Gasteiger partial charge on any atom is -0.495 e. The standard InChI is InChI=1S/C14H22N2O2/c1-10(2)4-7-14(17)16-9-11-5-6-13(18-3)12(15)8-11/h5-6,8,10H,4,7,9,15H2,1-3H3,(H,16,17). The van der Waals surface area contributed by atoms with Crippen molar-refractivity contribution in [2.75, 3.05) is 12.8 Å². The molecule has 1 aromatic carbocycles. The number of nitrogens with two attached hydrogens (primary N) is 1. The Labute approximate surface area is 109 Å². The van der Waals surface area contributed by atoms with Crippen molar-refractivity contribution in [3.63, 3.8) is 0 Å². The number of nitrogens with one attached hydrogen (secondary N) is 1. The minimum absolute atomic E-state index is 0.0816. The number of anilines is 1. The minimum atomic E-state index is 0.0816. The first kappa shape index (κ1) is 14.4. The van der Waals surface area contributed by atoms with Crippen molar-refractivity contribution < 1.29 is 9.53 Å². The van der Waals surface area contributed by atoms with Gasteiger partial charge in [0.05, 0.1) is 12.8 Å². The summed E-state index contributed by atoms with van der Waals surface area (Å²) in [5.41, 5.74) is 7.37. The first-order valence-corrected chi connectivity index (χ1v) is 6.22. The molecule has 18 heavy (non-hydrogen) atoms. The number of hydrogen-bond donors (Lipinski definition) is 2. The third-order valence-electron chi connectivity index (χ3n) is 2.73. The lowest BCUT2D eigenvalue weighted by Crippen LogP contribution is -2.22. The number of nitrogen functional groups attached to an aromatic ring is 1. The second kappa shape index (κ2) is 6.89. The zero-order chi connectivity index (χ0) is 13.5. The molecule has 0 aliphatic heterocycles. The number of ether oxygens (including phenoxy) is 1. The molecule has 3 N–H and O–H groups in total. The Balaban J connectivity index is 2.43. The number of amides is 1. The molecule has 0 aromatic heterocycles. The second-order valence-corrected chi connectivity index (χ2v) is 4.79. The average molecular weight is 250 g/mol. The fraction of sp³-hybridized carbons (Fsp3) is 0.500. The third-order valence-corrected chi connectivity index (χ3v) is 2.73. The molecule has 0 aliphatic carbocycles. The summed E-state index contributed by atoms with van der Waals surface area (Å²) < 4.78 is 5.08. The second-order valence-electron chi connectivity index (χ2n) is 4.79. The van der Waals surface area contributed by atoms with Crippen molar-refractivity contribution in [2.24, 2.45) is 5.92 Å². The predicted molar refractivity (Wildman–Crippen MR) is 73.3 cm³/mol. The van der Waals surface area contributed by atoms with Crippen molar-refractivity contribution in [3.8, 4) is 5.75 Å². The van der Waals surface area contributed by atoms with E-state index in [2.05, 4.69) is 19.2 Å². The molecular formula is C14H22N2O2. The van der Waals surface area contributed by atoms with Gasteiger partial charge in [0.25, 0.3) is 0 Å². The average Bonchev–Trinajstić information content (AvgIpc) is 2.34. The van der Waals surface area contributed by atoms with Gasteiger partial charge in [-0.05, 0) is 30.0 Å². The first-order valence-electron chi connectivity index (χ1n) is 6.22. The van der Waals surface area contributed by atoms with Gasteiger partial charge in [0.15, 0.2) is 0 Å². The SMILES string of the molecule is COc1ccc(CNC(=O)CCC(C)C)cc1N. The molecule has 0 aliphatic rings. The van der Waals surface area contributed by atoms with Gasteiger partial charge in [0.2, 0.25) is 5.91 Å². The quantitative estimate of drug-likeness (QED) is 0.762. The van der Waals surface area contributed by atoms with Gasteiger partial charge in [0.1, 0.15) is 5.75 Å². The van der Waals surface area contributed by atoms with Gasteiger partial charge in [-0.15, -0.1) is 0 Å². The van der Waals surface area contributed by atoms with E-state index in [0.717, 1.165) is 12.0 Å². The molecule has 0 saturated heterocycles. The number of hydrogen-bond acceptors (Lipinski definition) is 3. The Bertz CT molecular complexity index is 403. The highest BCUT2D eigenvalue weighted by Gasteiger charge is 2.04. The molecule has 0 fully saturated rings. The molecule has 0 unspecified atom stereocenters. The van der Waals surface area contributed by atoms with Crippen LogP contribution in [0.2, 0.25) is 0 Å². The van der Waals surface area contributed by atoms with Gasteiger partial charge >= 0.3 is 0 Å². The zero-order valence-corrected chi connectivity index (χ0v) is 11.3. The van der Waals surface area contributed by atoms with E-state index >= 15 is 0 Å². The lowest BCUT2D eigenvalue weighted by atomic mass is 10.1. The van der Waals surface area contributed by atoms with Crippen molar-refractivity contribution in [1.29, 1.82) is 0 Å². The summed E-state index contributed by atoms with van der Waals surface area (Å²) in [5.74, 6) is 1.29. The van der Waals surface area contributed by atoms with Gasteiger partial charge in [-0.2, -0.15) is 0 Å². The molecule has 0 bridgehead atoms. The van der Waals surface area contributed by atoms with Gasteiger partial charge in [-0.3, -0.25) is 4.79 Å².